The monoisotopic (exact) mass is 410 g/mol. The molecular weight excluding hydrogens is 384 g/mol. The quantitative estimate of drug-likeness (QED) is 0.684. The van der Waals surface area contributed by atoms with Gasteiger partial charge in [0.15, 0.2) is 12.2 Å². The minimum Gasteiger partial charge on any atom is -0.457 e. The summed E-state index contributed by atoms with van der Waals surface area (Å²) in [5.41, 5.74) is 0.408. The van der Waals surface area contributed by atoms with Crippen molar-refractivity contribution >= 4 is 29.5 Å². The second-order valence-corrected chi connectivity index (χ2v) is 8.03. The number of hydrogen-bond acceptors (Lipinski definition) is 8. The molecule has 1 N–H and O–H groups in total. The second kappa shape index (κ2) is 10.0. The van der Waals surface area contributed by atoms with E-state index in [2.05, 4.69) is 0 Å². The van der Waals surface area contributed by atoms with E-state index in [0.717, 1.165) is 10.5 Å². The van der Waals surface area contributed by atoms with Crippen LogP contribution in [0.15, 0.2) is 29.2 Å². The minimum absolute atomic E-state index is 0.0576. The summed E-state index contributed by atoms with van der Waals surface area (Å²) in [5, 5.41) is 10.8. The molecule has 0 spiro atoms. The first-order valence-electron chi connectivity index (χ1n) is 9.10. The Balaban J connectivity index is 2.18. The highest BCUT2D eigenvalue weighted by Crippen LogP contribution is 2.36. The highest BCUT2D eigenvalue weighted by Gasteiger charge is 2.47. The van der Waals surface area contributed by atoms with Gasteiger partial charge in [0.25, 0.3) is 0 Å². The number of thioether (sulfide) groups is 1. The molecule has 0 amide bonds. The molecule has 0 saturated carbocycles. The van der Waals surface area contributed by atoms with Crippen LogP contribution in [0, 0.1) is 6.92 Å². The van der Waals surface area contributed by atoms with Crippen LogP contribution in [0.5, 0.6) is 0 Å². The lowest BCUT2D eigenvalue weighted by molar-refractivity contribution is -0.220. The van der Waals surface area contributed by atoms with Crippen LogP contribution in [-0.2, 0) is 28.6 Å². The molecule has 0 unspecified atom stereocenters. The van der Waals surface area contributed by atoms with Gasteiger partial charge >= 0.3 is 11.9 Å². The molecule has 0 aliphatic carbocycles. The zero-order valence-electron chi connectivity index (χ0n) is 16.4. The standard InChI is InChI=1S/C20H26O7S/c1-11-5-8-15(9-6-11)28-20-19(27-16(23)10-7-12(2)21)17(24)18(13(3)25-20)26-14(4)22/h5-6,8-9,13,17-20,24H,7,10H2,1-4H3/t13-,17+,18-,19+,20-/m0/s1. The summed E-state index contributed by atoms with van der Waals surface area (Å²) in [6, 6.07) is 7.71. The summed E-state index contributed by atoms with van der Waals surface area (Å²) in [7, 11) is 0. The molecule has 0 aromatic heterocycles. The van der Waals surface area contributed by atoms with Crippen molar-refractivity contribution in [1.82, 2.24) is 0 Å². The fourth-order valence-corrected chi connectivity index (χ4v) is 3.95. The van der Waals surface area contributed by atoms with E-state index >= 15 is 0 Å². The van der Waals surface area contributed by atoms with Gasteiger partial charge in [0.2, 0.25) is 0 Å². The molecule has 0 radical (unpaired) electrons. The number of Topliss-reactive ketones (excluding diaryl/α,β-unsaturated/α-hetero) is 1. The second-order valence-electron chi connectivity index (χ2n) is 6.86. The van der Waals surface area contributed by atoms with Gasteiger partial charge in [0, 0.05) is 18.2 Å². The number of benzene rings is 1. The van der Waals surface area contributed by atoms with Crippen LogP contribution in [0.4, 0.5) is 0 Å². The van der Waals surface area contributed by atoms with Crippen molar-refractivity contribution in [3.05, 3.63) is 29.8 Å². The predicted molar refractivity (Wildman–Crippen MR) is 103 cm³/mol. The lowest BCUT2D eigenvalue weighted by Gasteiger charge is -2.42. The van der Waals surface area contributed by atoms with Gasteiger partial charge in [0.05, 0.1) is 12.5 Å². The van der Waals surface area contributed by atoms with E-state index in [9.17, 15) is 19.5 Å². The third-order valence-corrected chi connectivity index (χ3v) is 5.43. The van der Waals surface area contributed by atoms with E-state index in [1.165, 1.54) is 25.6 Å². The predicted octanol–water partition coefficient (Wildman–Crippen LogP) is 2.41. The largest absolute Gasteiger partial charge is 0.457 e. The molecule has 1 aromatic rings. The van der Waals surface area contributed by atoms with Gasteiger partial charge in [-0.05, 0) is 32.9 Å². The highest BCUT2D eigenvalue weighted by molar-refractivity contribution is 7.99. The van der Waals surface area contributed by atoms with Gasteiger partial charge in [-0.2, -0.15) is 0 Å². The Bertz CT molecular complexity index is 703. The smallest absolute Gasteiger partial charge is 0.306 e. The van der Waals surface area contributed by atoms with Crippen molar-refractivity contribution in [2.75, 3.05) is 0 Å². The van der Waals surface area contributed by atoms with Crippen molar-refractivity contribution in [3.8, 4) is 0 Å². The third kappa shape index (κ3) is 6.32. The first-order valence-corrected chi connectivity index (χ1v) is 9.98. The van der Waals surface area contributed by atoms with Crippen molar-refractivity contribution in [2.24, 2.45) is 0 Å². The molecular formula is C20H26O7S. The van der Waals surface area contributed by atoms with Crippen molar-refractivity contribution in [1.29, 1.82) is 0 Å². The van der Waals surface area contributed by atoms with Crippen LogP contribution < -0.4 is 0 Å². The number of ether oxygens (including phenoxy) is 3. The Kier molecular flexibility index (Phi) is 8.03. The summed E-state index contributed by atoms with van der Waals surface area (Å²) in [6.07, 6.45) is -3.88. The number of hydrogen-bond donors (Lipinski definition) is 1. The number of carbonyl (C=O) groups excluding carboxylic acids is 3. The van der Waals surface area contributed by atoms with Gasteiger partial charge < -0.3 is 24.1 Å². The Morgan fingerprint density at radius 1 is 1.07 bits per heavy atom. The van der Waals surface area contributed by atoms with E-state index in [1.54, 1.807) is 6.92 Å². The maximum Gasteiger partial charge on any atom is 0.306 e. The molecule has 1 fully saturated rings. The lowest BCUT2D eigenvalue weighted by Crippen LogP contribution is -2.58. The van der Waals surface area contributed by atoms with Crippen LogP contribution in [0.1, 0.15) is 39.2 Å². The molecule has 154 valence electrons. The van der Waals surface area contributed by atoms with Crippen LogP contribution in [-0.4, -0.2) is 52.7 Å². The van der Waals surface area contributed by atoms with E-state index in [-0.39, 0.29) is 18.6 Å². The zero-order chi connectivity index (χ0) is 20.8. The highest BCUT2D eigenvalue weighted by atomic mass is 32.2. The van der Waals surface area contributed by atoms with Crippen molar-refractivity contribution in [2.45, 2.75) is 75.3 Å². The first-order chi connectivity index (χ1) is 13.2. The molecule has 7 nitrogen and oxygen atoms in total. The van der Waals surface area contributed by atoms with Crippen LogP contribution >= 0.6 is 11.8 Å². The number of carbonyl (C=O) groups is 3. The first kappa shape index (κ1) is 22.4. The molecule has 0 bridgehead atoms. The van der Waals surface area contributed by atoms with Crippen molar-refractivity contribution < 1.29 is 33.7 Å². The number of rotatable bonds is 7. The minimum atomic E-state index is -1.25. The summed E-state index contributed by atoms with van der Waals surface area (Å²) in [6.45, 7) is 6.29. The van der Waals surface area contributed by atoms with Gasteiger partial charge in [-0.25, -0.2) is 0 Å². The van der Waals surface area contributed by atoms with E-state index in [4.69, 9.17) is 14.2 Å². The summed E-state index contributed by atoms with van der Waals surface area (Å²) >= 11 is 1.31. The van der Waals surface area contributed by atoms with E-state index in [0.29, 0.717) is 0 Å². The number of aryl methyl sites for hydroxylation is 1. The zero-order valence-corrected chi connectivity index (χ0v) is 17.2. The molecule has 1 heterocycles. The number of ketones is 1. The van der Waals surface area contributed by atoms with Crippen LogP contribution in [0.2, 0.25) is 0 Å². The third-order valence-electron chi connectivity index (χ3n) is 4.28. The summed E-state index contributed by atoms with van der Waals surface area (Å²) < 4.78 is 16.5. The normalized spacial score (nSPS) is 27.1. The fraction of sp³-hybridized carbons (Fsp3) is 0.550. The average molecular weight is 410 g/mol. The number of aliphatic hydroxyl groups excluding tert-OH is 1. The molecule has 8 heteroatoms. The Labute approximate surface area is 168 Å². The van der Waals surface area contributed by atoms with Gasteiger partial charge in [-0.15, -0.1) is 0 Å². The maximum atomic E-state index is 12.2. The molecule has 1 aromatic carbocycles. The Morgan fingerprint density at radius 3 is 2.29 bits per heavy atom. The van der Waals surface area contributed by atoms with Crippen LogP contribution in [0.3, 0.4) is 0 Å². The number of aliphatic hydroxyl groups is 1. The van der Waals surface area contributed by atoms with Crippen LogP contribution in [0.25, 0.3) is 0 Å². The molecule has 1 aliphatic heterocycles. The molecule has 5 atom stereocenters. The van der Waals surface area contributed by atoms with Gasteiger partial charge in [-0.1, -0.05) is 29.5 Å². The lowest BCUT2D eigenvalue weighted by atomic mass is 10.0. The maximum absolute atomic E-state index is 12.2. The molecule has 1 saturated heterocycles. The average Bonchev–Trinajstić information content (AvgIpc) is 2.62. The van der Waals surface area contributed by atoms with E-state index in [1.807, 2.05) is 31.2 Å². The molecule has 28 heavy (non-hydrogen) atoms. The fourth-order valence-electron chi connectivity index (χ4n) is 2.81. The topological polar surface area (TPSA) is 99.1 Å². The Morgan fingerprint density at radius 2 is 1.71 bits per heavy atom. The van der Waals surface area contributed by atoms with Gasteiger partial charge in [-0.3, -0.25) is 9.59 Å². The van der Waals surface area contributed by atoms with Gasteiger partial charge in [0.1, 0.15) is 17.3 Å². The Hall–Kier alpha value is -1.90. The molecule has 1 aliphatic rings. The van der Waals surface area contributed by atoms with E-state index < -0.39 is 41.8 Å². The van der Waals surface area contributed by atoms with Crippen molar-refractivity contribution in [3.63, 3.8) is 0 Å². The SMILES string of the molecule is CC(=O)CCC(=O)O[C@@H]1[C@H](O)[C@@H](OC(C)=O)[C@H](C)O[C@H]1Sc1ccc(C)cc1. The summed E-state index contributed by atoms with van der Waals surface area (Å²) in [5.74, 6) is -1.31. The number of esters is 2. The summed E-state index contributed by atoms with van der Waals surface area (Å²) in [4.78, 5) is 35.5. The molecule has 2 rings (SSSR count).